The van der Waals surface area contributed by atoms with E-state index in [1.54, 1.807) is 6.07 Å². The standard InChI is InChI=1S/C15H21FN2O3S/c16-14-8-4-3-7-13(14)15(19)17-9-12-22(20,21)18-10-5-1-2-6-11-18/h3-4,7-8H,1-2,5-6,9-12H2,(H,17,19). The molecule has 1 saturated heterocycles. The van der Waals surface area contributed by atoms with Crippen LogP contribution in [0.2, 0.25) is 0 Å². The summed E-state index contributed by atoms with van der Waals surface area (Å²) in [5.41, 5.74) is -0.0744. The Morgan fingerprint density at radius 3 is 2.41 bits per heavy atom. The maximum atomic E-state index is 13.4. The molecular weight excluding hydrogens is 307 g/mol. The zero-order chi connectivity index (χ0) is 16.0. The van der Waals surface area contributed by atoms with Gasteiger partial charge in [-0.1, -0.05) is 25.0 Å². The number of rotatable bonds is 5. The summed E-state index contributed by atoms with van der Waals surface area (Å²) in [6, 6.07) is 5.62. The molecule has 22 heavy (non-hydrogen) atoms. The van der Waals surface area contributed by atoms with E-state index in [0.29, 0.717) is 13.1 Å². The molecule has 0 saturated carbocycles. The summed E-state index contributed by atoms with van der Waals surface area (Å²) in [7, 11) is -3.37. The first-order chi connectivity index (χ1) is 10.5. The number of carbonyl (C=O) groups excluding carboxylic acids is 1. The van der Waals surface area contributed by atoms with Crippen LogP contribution in [-0.2, 0) is 10.0 Å². The molecule has 0 bridgehead atoms. The van der Waals surface area contributed by atoms with Crippen LogP contribution < -0.4 is 5.32 Å². The van der Waals surface area contributed by atoms with Crippen molar-refractivity contribution in [3.63, 3.8) is 0 Å². The SMILES string of the molecule is O=C(NCCS(=O)(=O)N1CCCCCC1)c1ccccc1F. The number of amides is 1. The number of sulfonamides is 1. The second-order valence-electron chi connectivity index (χ2n) is 5.37. The molecule has 0 aliphatic carbocycles. The van der Waals surface area contributed by atoms with Gasteiger partial charge in [-0.25, -0.2) is 17.1 Å². The summed E-state index contributed by atoms with van der Waals surface area (Å²) in [4.78, 5) is 11.8. The van der Waals surface area contributed by atoms with Crippen LogP contribution in [0.5, 0.6) is 0 Å². The molecule has 122 valence electrons. The molecule has 1 fully saturated rings. The van der Waals surface area contributed by atoms with Crippen LogP contribution >= 0.6 is 0 Å². The molecule has 1 N–H and O–H groups in total. The number of hydrogen-bond donors (Lipinski definition) is 1. The van der Waals surface area contributed by atoms with Crippen molar-refractivity contribution in [2.75, 3.05) is 25.4 Å². The number of hydrogen-bond acceptors (Lipinski definition) is 3. The Morgan fingerprint density at radius 2 is 1.77 bits per heavy atom. The highest BCUT2D eigenvalue weighted by atomic mass is 32.2. The third-order valence-electron chi connectivity index (χ3n) is 3.72. The summed E-state index contributed by atoms with van der Waals surface area (Å²) < 4.78 is 39.4. The molecule has 0 spiro atoms. The van der Waals surface area contributed by atoms with Crippen molar-refractivity contribution in [2.45, 2.75) is 25.7 Å². The van der Waals surface area contributed by atoms with E-state index in [0.717, 1.165) is 25.7 Å². The van der Waals surface area contributed by atoms with Gasteiger partial charge in [-0.05, 0) is 25.0 Å². The van der Waals surface area contributed by atoms with Crippen molar-refractivity contribution in [1.82, 2.24) is 9.62 Å². The highest BCUT2D eigenvalue weighted by molar-refractivity contribution is 7.89. The van der Waals surface area contributed by atoms with Crippen molar-refractivity contribution in [2.24, 2.45) is 0 Å². The molecule has 1 aliphatic heterocycles. The minimum atomic E-state index is -3.37. The molecule has 1 amide bonds. The normalized spacial score (nSPS) is 17.0. The zero-order valence-electron chi connectivity index (χ0n) is 12.4. The maximum Gasteiger partial charge on any atom is 0.254 e. The number of benzene rings is 1. The molecule has 0 aromatic heterocycles. The van der Waals surface area contributed by atoms with Crippen LogP contribution in [0.1, 0.15) is 36.0 Å². The number of nitrogens with zero attached hydrogens (tertiary/aromatic N) is 1. The van der Waals surface area contributed by atoms with Gasteiger partial charge < -0.3 is 5.32 Å². The number of carbonyl (C=O) groups is 1. The lowest BCUT2D eigenvalue weighted by atomic mass is 10.2. The minimum Gasteiger partial charge on any atom is -0.351 e. The van der Waals surface area contributed by atoms with E-state index < -0.39 is 21.7 Å². The Balaban J connectivity index is 1.87. The Kier molecular flexibility index (Phi) is 5.90. The molecule has 2 rings (SSSR count). The molecule has 1 aromatic rings. The van der Waals surface area contributed by atoms with Crippen LogP contribution in [0, 0.1) is 5.82 Å². The molecule has 1 aromatic carbocycles. The van der Waals surface area contributed by atoms with E-state index in [9.17, 15) is 17.6 Å². The average molecular weight is 328 g/mol. The average Bonchev–Trinajstić information content (AvgIpc) is 2.77. The second-order valence-corrected chi connectivity index (χ2v) is 7.45. The van der Waals surface area contributed by atoms with Gasteiger partial charge in [-0.3, -0.25) is 4.79 Å². The smallest absolute Gasteiger partial charge is 0.254 e. The number of nitrogens with one attached hydrogen (secondary N) is 1. The van der Waals surface area contributed by atoms with Gasteiger partial charge in [0.2, 0.25) is 10.0 Å². The van der Waals surface area contributed by atoms with Gasteiger partial charge in [0.1, 0.15) is 5.82 Å². The fourth-order valence-electron chi connectivity index (χ4n) is 2.48. The molecular formula is C15H21FN2O3S. The lowest BCUT2D eigenvalue weighted by Gasteiger charge is -2.19. The fourth-order valence-corrected chi connectivity index (χ4v) is 3.92. The van der Waals surface area contributed by atoms with Crippen molar-refractivity contribution in [3.05, 3.63) is 35.6 Å². The fraction of sp³-hybridized carbons (Fsp3) is 0.533. The Labute approximate surface area is 130 Å². The third-order valence-corrected chi connectivity index (χ3v) is 5.59. The monoisotopic (exact) mass is 328 g/mol. The molecule has 7 heteroatoms. The first-order valence-electron chi connectivity index (χ1n) is 7.51. The summed E-state index contributed by atoms with van der Waals surface area (Å²) in [6.45, 7) is 1.07. The predicted molar refractivity (Wildman–Crippen MR) is 82.6 cm³/mol. The highest BCUT2D eigenvalue weighted by Crippen LogP contribution is 2.13. The minimum absolute atomic E-state index is 0.0218. The van der Waals surface area contributed by atoms with Crippen molar-refractivity contribution in [3.8, 4) is 0 Å². The summed E-state index contributed by atoms with van der Waals surface area (Å²) >= 11 is 0. The van der Waals surface area contributed by atoms with Crippen molar-refractivity contribution in [1.29, 1.82) is 0 Å². The summed E-state index contributed by atoms with van der Waals surface area (Å²) in [5, 5.41) is 2.47. The zero-order valence-corrected chi connectivity index (χ0v) is 13.2. The van der Waals surface area contributed by atoms with Gasteiger partial charge in [0.25, 0.3) is 5.91 Å². The quantitative estimate of drug-likeness (QED) is 0.896. The Bertz CT molecular complexity index is 611. The number of halogens is 1. The molecule has 1 heterocycles. The first kappa shape index (κ1) is 16.9. The van der Waals surface area contributed by atoms with E-state index in [2.05, 4.69) is 5.32 Å². The van der Waals surface area contributed by atoms with Crippen LogP contribution in [-0.4, -0.2) is 44.0 Å². The van der Waals surface area contributed by atoms with Gasteiger partial charge in [0.15, 0.2) is 0 Å². The van der Waals surface area contributed by atoms with Crippen LogP contribution in [0.4, 0.5) is 4.39 Å². The van der Waals surface area contributed by atoms with Gasteiger partial charge in [-0.2, -0.15) is 0 Å². The third kappa shape index (κ3) is 4.51. The van der Waals surface area contributed by atoms with Crippen LogP contribution in [0.25, 0.3) is 0 Å². The van der Waals surface area contributed by atoms with E-state index in [4.69, 9.17) is 0 Å². The molecule has 0 radical (unpaired) electrons. The van der Waals surface area contributed by atoms with E-state index in [1.165, 1.54) is 22.5 Å². The Morgan fingerprint density at radius 1 is 1.14 bits per heavy atom. The van der Waals surface area contributed by atoms with E-state index in [-0.39, 0.29) is 17.9 Å². The largest absolute Gasteiger partial charge is 0.351 e. The lowest BCUT2D eigenvalue weighted by molar-refractivity contribution is 0.0952. The first-order valence-corrected chi connectivity index (χ1v) is 9.12. The van der Waals surface area contributed by atoms with Crippen molar-refractivity contribution < 1.29 is 17.6 Å². The molecule has 5 nitrogen and oxygen atoms in total. The second kappa shape index (κ2) is 7.69. The van der Waals surface area contributed by atoms with Gasteiger partial charge in [0.05, 0.1) is 11.3 Å². The molecule has 0 unspecified atom stereocenters. The summed E-state index contributed by atoms with van der Waals surface area (Å²) in [6.07, 6.45) is 3.85. The topological polar surface area (TPSA) is 66.5 Å². The van der Waals surface area contributed by atoms with Crippen molar-refractivity contribution >= 4 is 15.9 Å². The van der Waals surface area contributed by atoms with Crippen LogP contribution in [0.15, 0.2) is 24.3 Å². The van der Waals surface area contributed by atoms with Crippen LogP contribution in [0.3, 0.4) is 0 Å². The van der Waals surface area contributed by atoms with Gasteiger partial charge in [0, 0.05) is 19.6 Å². The van der Waals surface area contributed by atoms with Gasteiger partial charge >= 0.3 is 0 Å². The Hall–Kier alpha value is -1.47. The highest BCUT2D eigenvalue weighted by Gasteiger charge is 2.23. The van der Waals surface area contributed by atoms with E-state index in [1.807, 2.05) is 0 Å². The van der Waals surface area contributed by atoms with Gasteiger partial charge in [-0.15, -0.1) is 0 Å². The molecule has 1 aliphatic rings. The maximum absolute atomic E-state index is 13.4. The predicted octanol–water partition coefficient (Wildman–Crippen LogP) is 1.76. The molecule has 0 atom stereocenters. The summed E-state index contributed by atoms with van der Waals surface area (Å²) in [5.74, 6) is -1.37. The van der Waals surface area contributed by atoms with E-state index >= 15 is 0 Å². The lowest BCUT2D eigenvalue weighted by Crippen LogP contribution is -2.38.